The van der Waals surface area contributed by atoms with Crippen molar-refractivity contribution in [1.29, 1.82) is 0 Å². The summed E-state index contributed by atoms with van der Waals surface area (Å²) >= 11 is 7.02. The van der Waals surface area contributed by atoms with Gasteiger partial charge in [-0.05, 0) is 44.2 Å². The van der Waals surface area contributed by atoms with Gasteiger partial charge in [-0.25, -0.2) is 34.9 Å². The molecular formula is C56H53N13O8S6. The lowest BCUT2D eigenvalue weighted by Crippen LogP contribution is -2.51. The van der Waals surface area contributed by atoms with Crippen LogP contribution in [-0.4, -0.2) is 106 Å². The summed E-state index contributed by atoms with van der Waals surface area (Å²) in [7, 11) is 1.71. The number of carbonyl (C=O) groups is 6. The molecule has 7 atom stereocenters. The number of pyridine rings is 1. The van der Waals surface area contributed by atoms with E-state index in [-0.39, 0.29) is 58.6 Å². The minimum Gasteiger partial charge on any atom is -0.391 e. The van der Waals surface area contributed by atoms with Crippen LogP contribution in [0.1, 0.15) is 122 Å². The molecule has 1 aliphatic rings. The van der Waals surface area contributed by atoms with Crippen molar-refractivity contribution in [3.8, 4) is 43.4 Å². The smallest absolute Gasteiger partial charge is 0.271 e. The normalized spacial score (nSPS) is 18.1. The van der Waals surface area contributed by atoms with Crippen LogP contribution in [0.2, 0.25) is 0 Å². The summed E-state index contributed by atoms with van der Waals surface area (Å²) < 4.78 is 0. The van der Waals surface area contributed by atoms with Crippen LogP contribution < -0.4 is 32.7 Å². The van der Waals surface area contributed by atoms with E-state index >= 15 is 0 Å². The number of aliphatic hydroxyl groups excluding tert-OH is 2. The molecule has 0 fully saturated rings. The molecule has 10 bridgehead atoms. The number of carbonyl (C=O) groups excluding carboxylic acids is 6. The molecule has 426 valence electrons. The predicted molar refractivity (Wildman–Crippen MR) is 319 cm³/mol. The van der Waals surface area contributed by atoms with E-state index in [1.807, 2.05) is 31.2 Å². The van der Waals surface area contributed by atoms with Crippen molar-refractivity contribution in [1.82, 2.24) is 56.2 Å². The van der Waals surface area contributed by atoms with Crippen molar-refractivity contribution < 1.29 is 39.0 Å². The van der Waals surface area contributed by atoms with Gasteiger partial charge < -0.3 is 42.9 Å². The van der Waals surface area contributed by atoms with Gasteiger partial charge in [0.1, 0.15) is 70.9 Å². The Morgan fingerprint density at radius 3 is 2.02 bits per heavy atom. The van der Waals surface area contributed by atoms with Crippen LogP contribution in [0.5, 0.6) is 0 Å². The van der Waals surface area contributed by atoms with Crippen LogP contribution in [0, 0.1) is 19.8 Å². The Kier molecular flexibility index (Phi) is 17.9. The number of benzene rings is 2. The first-order valence-electron chi connectivity index (χ1n) is 25.8. The quantitative estimate of drug-likeness (QED) is 0.0592. The molecule has 83 heavy (non-hydrogen) atoms. The molecule has 0 radical (unpaired) electrons. The van der Waals surface area contributed by atoms with E-state index in [0.29, 0.717) is 58.8 Å². The fraction of sp³-hybridized carbons (Fsp3) is 0.268. The number of Topliss-reactive ketones (excluding diaryl/α,β-unsaturated/α-hetero) is 1. The summed E-state index contributed by atoms with van der Waals surface area (Å²) in [6.07, 6.45) is -2.87. The van der Waals surface area contributed by atoms with Crippen molar-refractivity contribution >= 4 is 103 Å². The Bertz CT molecular complexity index is 3870. The second kappa shape index (κ2) is 25.4. The van der Waals surface area contributed by atoms with Gasteiger partial charge in [0.05, 0.1) is 41.4 Å². The number of ketones is 1. The van der Waals surface area contributed by atoms with Crippen molar-refractivity contribution in [3.63, 3.8) is 0 Å². The molecule has 0 aliphatic carbocycles. The minimum atomic E-state index is -1.28. The highest BCUT2D eigenvalue weighted by Gasteiger charge is 2.36. The van der Waals surface area contributed by atoms with Crippen LogP contribution in [-0.2, 0) is 16.0 Å². The monoisotopic (exact) mass is 1230 g/mol. The molecule has 8 heterocycles. The Balaban J connectivity index is 1.09. The molecule has 7 aromatic heterocycles. The number of nitrogens with one attached hydrogen (secondary N) is 4. The number of thiazole rings is 6. The number of likely N-dealkylation sites (N-methyl/N-ethyl adjacent to an activating group) is 1. The summed E-state index contributed by atoms with van der Waals surface area (Å²) in [5, 5.41) is 45.8. The zero-order chi connectivity index (χ0) is 58.6. The number of aromatic nitrogens is 7. The molecule has 0 saturated heterocycles. The van der Waals surface area contributed by atoms with Gasteiger partial charge in [0, 0.05) is 68.6 Å². The van der Waals surface area contributed by atoms with E-state index < -0.39 is 77.5 Å². The van der Waals surface area contributed by atoms with E-state index in [1.54, 1.807) is 79.5 Å². The molecule has 27 heteroatoms. The molecule has 0 spiro atoms. The van der Waals surface area contributed by atoms with Crippen LogP contribution >= 0.6 is 68.0 Å². The second-order valence-corrected chi connectivity index (χ2v) is 25.2. The summed E-state index contributed by atoms with van der Waals surface area (Å²) in [6, 6.07) is 16.6. The molecule has 21 nitrogen and oxygen atoms in total. The highest BCUT2D eigenvalue weighted by Crippen LogP contribution is 2.41. The van der Waals surface area contributed by atoms with Crippen LogP contribution in [0.25, 0.3) is 43.4 Å². The van der Waals surface area contributed by atoms with E-state index in [0.717, 1.165) is 45.1 Å². The highest BCUT2D eigenvalue weighted by atomic mass is 32.1. The fourth-order valence-electron chi connectivity index (χ4n) is 9.20. The van der Waals surface area contributed by atoms with Crippen LogP contribution in [0.15, 0.2) is 93.6 Å². The van der Waals surface area contributed by atoms with Crippen molar-refractivity contribution in [3.05, 3.63) is 153 Å². The number of fused-ring (bicyclic) bond motifs is 14. The molecule has 1 aliphatic heterocycles. The van der Waals surface area contributed by atoms with Crippen molar-refractivity contribution in [2.24, 2.45) is 17.4 Å². The third-order valence-electron chi connectivity index (χ3n) is 13.7. The van der Waals surface area contributed by atoms with Gasteiger partial charge in [0.2, 0.25) is 11.8 Å². The zero-order valence-corrected chi connectivity index (χ0v) is 49.6. The average molecular weight is 1230 g/mol. The SMILES string of the molecule is CNC[C@H](O)[C@H](C)[C@@H]1NC(=O)[C@H](Cc2ccc(C)cc2)NC(=O)c2csc(n2)[C@H]([C@H](O)c2ccccc2)CC(=O)c2nc(sc2C)[C@H](CC(N)=O)NC(=O)c2csc(n2)-c2ccc(-c3nc(C(N)=O)cs3)nc2-c2csc(n2)-c2csc1n2. The largest absolute Gasteiger partial charge is 0.391 e. The number of rotatable bonds is 12. The summed E-state index contributed by atoms with van der Waals surface area (Å²) in [5.41, 5.74) is 15.7. The maximum Gasteiger partial charge on any atom is 0.271 e. The third kappa shape index (κ3) is 13.2. The Hall–Kier alpha value is -7.73. The Morgan fingerprint density at radius 2 is 1.30 bits per heavy atom. The maximum absolute atomic E-state index is 14.9. The molecule has 2 aromatic carbocycles. The van der Waals surface area contributed by atoms with Gasteiger partial charge in [-0.15, -0.1) is 68.0 Å². The maximum atomic E-state index is 14.9. The van der Waals surface area contributed by atoms with E-state index in [4.69, 9.17) is 36.4 Å². The molecule has 5 amide bonds. The molecule has 9 aromatic rings. The first-order chi connectivity index (χ1) is 39.9. The number of hydrogen-bond donors (Lipinski definition) is 8. The number of primary amides is 2. The van der Waals surface area contributed by atoms with E-state index in [2.05, 4.69) is 31.2 Å². The van der Waals surface area contributed by atoms with E-state index in [9.17, 15) is 39.0 Å². The molecule has 10 N–H and O–H groups in total. The lowest BCUT2D eigenvalue weighted by Gasteiger charge is -2.29. The molecule has 0 saturated carbocycles. The fourth-order valence-corrected chi connectivity index (χ4v) is 14.5. The standard InChI is InChI=1S/C56H53N13O8S6/c1-25-10-12-28(13-11-25)16-33-48(75)68-43(26(2)41(71)19-59-4)56-67-39(24-82-56)54-63-35(20-80-54)45-30(14-15-32(60-45)53-64-36(21-81-53)47(58)74)51-65-38(22-78-51)50(77)62-34(18-42(57)72)55-69-44(27(3)83-55)40(70)17-31(46(73)29-8-6-5-7-9-29)52-66-37(23-79-52)49(76)61-33/h5-15,20-24,26,31,33-34,41,43,46,59,71,73H,16-19H2,1-4H3,(H2,57,72)(H2,58,74)(H,61,76)(H,62,77)(H,68,75)/t26-,31-,33-,34-,41-,43-,46+/m0/s1. The highest BCUT2D eigenvalue weighted by molar-refractivity contribution is 7.15. The third-order valence-corrected chi connectivity index (χ3v) is 19.3. The minimum absolute atomic E-state index is 0.00514. The lowest BCUT2D eigenvalue weighted by atomic mass is 9.90. The van der Waals surface area contributed by atoms with E-state index in [1.165, 1.54) is 44.8 Å². The van der Waals surface area contributed by atoms with Crippen LogP contribution in [0.3, 0.4) is 0 Å². The number of amides is 5. The summed E-state index contributed by atoms with van der Waals surface area (Å²) in [6.45, 7) is 5.61. The number of nitrogens with two attached hydrogens (primary N) is 2. The number of aryl methyl sites for hydroxylation is 2. The summed E-state index contributed by atoms with van der Waals surface area (Å²) in [5.74, 6) is -5.48. The molecular weight excluding hydrogens is 1180 g/mol. The van der Waals surface area contributed by atoms with Gasteiger partial charge in [0.25, 0.3) is 17.7 Å². The number of nitrogens with zero attached hydrogens (tertiary/aromatic N) is 7. The second-order valence-electron chi connectivity index (χ2n) is 19.6. The topological polar surface area (TPSA) is 333 Å². The van der Waals surface area contributed by atoms with Crippen LogP contribution in [0.4, 0.5) is 0 Å². The van der Waals surface area contributed by atoms with Gasteiger partial charge in [-0.1, -0.05) is 67.1 Å². The zero-order valence-electron chi connectivity index (χ0n) is 44.7. The van der Waals surface area contributed by atoms with Gasteiger partial charge in [-0.3, -0.25) is 28.8 Å². The van der Waals surface area contributed by atoms with Gasteiger partial charge in [0.15, 0.2) is 5.78 Å². The predicted octanol–water partition coefficient (Wildman–Crippen LogP) is 7.37. The van der Waals surface area contributed by atoms with Gasteiger partial charge >= 0.3 is 0 Å². The Labute approximate surface area is 498 Å². The van der Waals surface area contributed by atoms with Gasteiger partial charge in [-0.2, -0.15) is 0 Å². The number of aliphatic hydroxyl groups is 2. The number of hydrogen-bond acceptors (Lipinski definition) is 22. The molecule has 0 unspecified atom stereocenters. The lowest BCUT2D eigenvalue weighted by molar-refractivity contribution is -0.124. The first kappa shape index (κ1) is 58.5. The Morgan fingerprint density at radius 1 is 0.663 bits per heavy atom. The first-order valence-corrected chi connectivity index (χ1v) is 31.0. The average Bonchev–Trinajstić information content (AvgIpc) is 4.50. The summed E-state index contributed by atoms with van der Waals surface area (Å²) in [4.78, 5) is 117. The van der Waals surface area contributed by atoms with Crippen molar-refractivity contribution in [2.45, 2.75) is 76.3 Å². The molecule has 10 rings (SSSR count). The van der Waals surface area contributed by atoms with Crippen molar-refractivity contribution in [2.75, 3.05) is 13.6 Å².